The summed E-state index contributed by atoms with van der Waals surface area (Å²) in [6.45, 7) is 0. The highest BCUT2D eigenvalue weighted by Gasteiger charge is 2.42. The van der Waals surface area contributed by atoms with E-state index in [1.54, 1.807) is 6.07 Å². The molecule has 0 heterocycles. The number of nitrogens with zero attached hydrogens (tertiary/aromatic N) is 1. The van der Waals surface area contributed by atoms with Crippen LogP contribution in [-0.4, -0.2) is 17.6 Å². The van der Waals surface area contributed by atoms with E-state index in [1.807, 2.05) is 0 Å². The molecular formula is C11H7Cl2F3N2O2. The minimum Gasteiger partial charge on any atom is -0.429 e. The number of alkyl halides is 4. The molecule has 0 saturated heterocycles. The molecule has 1 N–H and O–H groups in total. The van der Waals surface area contributed by atoms with Crippen molar-refractivity contribution < 1.29 is 22.7 Å². The zero-order valence-electron chi connectivity index (χ0n) is 9.67. The minimum atomic E-state index is -4.23. The number of hydrogen-bond donors (Lipinski definition) is 1. The van der Waals surface area contributed by atoms with E-state index in [-0.39, 0.29) is 10.7 Å². The van der Waals surface area contributed by atoms with Gasteiger partial charge in [-0.3, -0.25) is 4.79 Å². The fraction of sp³-hybridized carbons (Fsp3) is 0.273. The lowest BCUT2D eigenvalue weighted by Gasteiger charge is -2.18. The zero-order chi connectivity index (χ0) is 15.3. The fourth-order valence-electron chi connectivity index (χ4n) is 1.13. The van der Waals surface area contributed by atoms with Crippen molar-refractivity contribution >= 4 is 34.8 Å². The summed E-state index contributed by atoms with van der Waals surface area (Å²) >= 11 is 10.4. The Morgan fingerprint density at radius 1 is 1.55 bits per heavy atom. The van der Waals surface area contributed by atoms with Gasteiger partial charge in [0.2, 0.25) is 5.91 Å². The monoisotopic (exact) mass is 326 g/mol. The van der Waals surface area contributed by atoms with Crippen LogP contribution < -0.4 is 10.1 Å². The number of rotatable bonds is 5. The molecule has 0 saturated carbocycles. The van der Waals surface area contributed by atoms with Gasteiger partial charge < -0.3 is 10.1 Å². The molecule has 108 valence electrons. The van der Waals surface area contributed by atoms with Gasteiger partial charge in [0, 0.05) is 6.07 Å². The number of carbonyl (C=O) groups excluding carboxylic acids is 1. The van der Waals surface area contributed by atoms with Crippen molar-refractivity contribution in [3.63, 3.8) is 0 Å². The predicted molar refractivity (Wildman–Crippen MR) is 66.6 cm³/mol. The van der Waals surface area contributed by atoms with Gasteiger partial charge in [0.25, 0.3) is 5.63 Å². The van der Waals surface area contributed by atoms with Crippen LogP contribution in [-0.2, 0) is 4.79 Å². The van der Waals surface area contributed by atoms with Crippen molar-refractivity contribution in [3.05, 3.63) is 23.2 Å². The van der Waals surface area contributed by atoms with Crippen molar-refractivity contribution in [3.8, 4) is 11.8 Å². The average Bonchev–Trinajstić information content (AvgIpc) is 2.33. The third kappa shape index (κ3) is 4.47. The predicted octanol–water partition coefficient (Wildman–Crippen LogP) is 3.70. The van der Waals surface area contributed by atoms with Gasteiger partial charge in [0.15, 0.2) is 0 Å². The van der Waals surface area contributed by atoms with Crippen LogP contribution in [0.25, 0.3) is 0 Å². The highest BCUT2D eigenvalue weighted by Crippen LogP contribution is 2.32. The number of nitriles is 1. The van der Waals surface area contributed by atoms with Crippen LogP contribution in [0.3, 0.4) is 0 Å². The second-order valence-corrected chi connectivity index (χ2v) is 4.28. The molecule has 9 heteroatoms. The Morgan fingerprint density at radius 2 is 2.20 bits per heavy atom. The number of carbonyl (C=O) groups is 1. The summed E-state index contributed by atoms with van der Waals surface area (Å²) in [5, 5.41) is 10.6. The third-order valence-electron chi connectivity index (χ3n) is 1.96. The first-order valence-corrected chi connectivity index (χ1v) is 5.89. The van der Waals surface area contributed by atoms with Crippen LogP contribution in [0.5, 0.6) is 5.75 Å². The van der Waals surface area contributed by atoms with Gasteiger partial charge in [0.1, 0.15) is 12.2 Å². The van der Waals surface area contributed by atoms with E-state index in [4.69, 9.17) is 16.9 Å². The molecule has 0 radical (unpaired) electrons. The zero-order valence-corrected chi connectivity index (χ0v) is 11.2. The third-order valence-corrected chi connectivity index (χ3v) is 2.54. The first kappa shape index (κ1) is 16.4. The Morgan fingerprint density at radius 3 is 2.75 bits per heavy atom. The molecule has 4 nitrogen and oxygen atoms in total. The quantitative estimate of drug-likeness (QED) is 0.839. The van der Waals surface area contributed by atoms with Gasteiger partial charge in [-0.2, -0.15) is 14.0 Å². The first-order chi connectivity index (χ1) is 9.26. The maximum atomic E-state index is 13.0. The Bertz CT molecular complexity index is 547. The van der Waals surface area contributed by atoms with Crippen LogP contribution in [0.4, 0.5) is 18.9 Å². The molecule has 0 aliphatic heterocycles. The van der Waals surface area contributed by atoms with Gasteiger partial charge in [-0.1, -0.05) is 23.2 Å². The molecule has 0 aromatic heterocycles. The Kier molecular flexibility index (Phi) is 5.48. The number of anilines is 1. The molecule has 0 aliphatic carbocycles. The van der Waals surface area contributed by atoms with Gasteiger partial charge >= 0.3 is 6.11 Å². The van der Waals surface area contributed by atoms with E-state index in [9.17, 15) is 18.0 Å². The Hall–Kier alpha value is -1.65. The lowest BCUT2D eigenvalue weighted by atomic mass is 10.3. The van der Waals surface area contributed by atoms with E-state index in [1.165, 1.54) is 0 Å². The van der Waals surface area contributed by atoms with E-state index >= 15 is 0 Å². The molecule has 1 atom stereocenters. The summed E-state index contributed by atoms with van der Waals surface area (Å²) in [6, 6.07) is 4.78. The summed E-state index contributed by atoms with van der Waals surface area (Å²) in [4.78, 5) is 11.2. The largest absolute Gasteiger partial charge is 0.444 e. The first-order valence-electron chi connectivity index (χ1n) is 5.07. The topological polar surface area (TPSA) is 62.1 Å². The Balaban J connectivity index is 2.92. The molecule has 0 spiro atoms. The van der Waals surface area contributed by atoms with Crippen LogP contribution in [0.2, 0.25) is 5.02 Å². The maximum Gasteiger partial charge on any atom is 0.444 e. The summed E-state index contributed by atoms with van der Waals surface area (Å²) < 4.78 is 42.4. The van der Waals surface area contributed by atoms with Crippen molar-refractivity contribution in [1.29, 1.82) is 5.26 Å². The van der Waals surface area contributed by atoms with E-state index < -0.39 is 29.8 Å². The standard InChI is InChI=1S/C11H7Cl2F3N2O2/c12-7-2-1-6(20-11(15,16)10(13)14)5-8(7)18-9(19)3-4-17/h1-2,5,10H,3H2,(H,18,19). The molecule has 0 fully saturated rings. The summed E-state index contributed by atoms with van der Waals surface area (Å²) in [7, 11) is 0. The highest BCUT2D eigenvalue weighted by molar-refractivity contribution is 6.33. The van der Waals surface area contributed by atoms with Gasteiger partial charge in [-0.25, -0.2) is 4.39 Å². The summed E-state index contributed by atoms with van der Waals surface area (Å²) in [6.07, 6.45) is -4.67. The van der Waals surface area contributed by atoms with Crippen LogP contribution in [0, 0.1) is 11.3 Å². The molecule has 1 amide bonds. The van der Waals surface area contributed by atoms with E-state index in [0.717, 1.165) is 18.2 Å². The SMILES string of the molecule is N#CCC(=O)Nc1cc(OC(F)(F)C(F)Cl)ccc1Cl. The molecule has 1 rings (SSSR count). The summed E-state index contributed by atoms with van der Waals surface area (Å²) in [5.74, 6) is -1.13. The van der Waals surface area contributed by atoms with Crippen molar-refractivity contribution in [1.82, 2.24) is 0 Å². The van der Waals surface area contributed by atoms with Gasteiger partial charge in [0.05, 0.1) is 16.8 Å². The van der Waals surface area contributed by atoms with Crippen LogP contribution >= 0.6 is 23.2 Å². The van der Waals surface area contributed by atoms with Crippen molar-refractivity contribution in [2.75, 3.05) is 5.32 Å². The smallest absolute Gasteiger partial charge is 0.429 e. The highest BCUT2D eigenvalue weighted by atomic mass is 35.5. The molecule has 1 aromatic carbocycles. The second-order valence-electron chi connectivity index (χ2n) is 3.49. The second kappa shape index (κ2) is 6.68. The minimum absolute atomic E-state index is 0.0367. The molecule has 20 heavy (non-hydrogen) atoms. The fourth-order valence-corrected chi connectivity index (χ4v) is 1.34. The normalized spacial score (nSPS) is 12.4. The lowest BCUT2D eigenvalue weighted by Crippen LogP contribution is -2.32. The van der Waals surface area contributed by atoms with Crippen LogP contribution in [0.15, 0.2) is 18.2 Å². The van der Waals surface area contributed by atoms with Gasteiger partial charge in [-0.15, -0.1) is 0 Å². The van der Waals surface area contributed by atoms with Crippen molar-refractivity contribution in [2.24, 2.45) is 0 Å². The number of amides is 1. The number of benzene rings is 1. The van der Waals surface area contributed by atoms with Crippen molar-refractivity contribution in [2.45, 2.75) is 18.2 Å². The van der Waals surface area contributed by atoms with E-state index in [2.05, 4.69) is 21.7 Å². The number of ether oxygens (including phenoxy) is 1. The summed E-state index contributed by atoms with van der Waals surface area (Å²) in [5.41, 5.74) is -3.08. The van der Waals surface area contributed by atoms with E-state index in [0.29, 0.717) is 0 Å². The molecule has 0 aliphatic rings. The maximum absolute atomic E-state index is 13.0. The number of hydrogen-bond acceptors (Lipinski definition) is 3. The molecule has 1 aromatic rings. The van der Waals surface area contributed by atoms with Crippen LogP contribution in [0.1, 0.15) is 6.42 Å². The average molecular weight is 327 g/mol. The van der Waals surface area contributed by atoms with Gasteiger partial charge in [-0.05, 0) is 12.1 Å². The number of nitrogens with one attached hydrogen (secondary N) is 1. The molecule has 0 bridgehead atoms. The number of halogens is 5. The molecular weight excluding hydrogens is 320 g/mol. The Labute approximate surface area is 122 Å². The lowest BCUT2D eigenvalue weighted by molar-refractivity contribution is -0.198. The molecule has 1 unspecified atom stereocenters.